The molecule has 0 fully saturated rings. The Morgan fingerprint density at radius 1 is 1.73 bits per heavy atom. The van der Waals surface area contributed by atoms with Crippen LogP contribution in [-0.4, -0.2) is 27.6 Å². The van der Waals surface area contributed by atoms with Gasteiger partial charge in [-0.15, -0.1) is 11.6 Å². The average molecular weight is 230 g/mol. The molecule has 0 aliphatic rings. The SMILES string of the molecule is CC(CCCCl)NC(=O)c1cnn(C)c1. The zero-order valence-corrected chi connectivity index (χ0v) is 9.79. The van der Waals surface area contributed by atoms with E-state index in [4.69, 9.17) is 11.6 Å². The van der Waals surface area contributed by atoms with Gasteiger partial charge < -0.3 is 5.32 Å². The monoisotopic (exact) mass is 229 g/mol. The molecule has 0 saturated carbocycles. The predicted molar refractivity (Wildman–Crippen MR) is 60.1 cm³/mol. The lowest BCUT2D eigenvalue weighted by Crippen LogP contribution is -2.32. The first kappa shape index (κ1) is 12.0. The molecule has 0 bridgehead atoms. The van der Waals surface area contributed by atoms with Crippen LogP contribution in [0.15, 0.2) is 12.4 Å². The molecule has 1 atom stereocenters. The second-order valence-electron chi connectivity index (χ2n) is 3.61. The number of amides is 1. The number of hydrogen-bond acceptors (Lipinski definition) is 2. The van der Waals surface area contributed by atoms with Gasteiger partial charge >= 0.3 is 0 Å². The summed E-state index contributed by atoms with van der Waals surface area (Å²) in [5.41, 5.74) is 0.593. The molecule has 15 heavy (non-hydrogen) atoms. The topological polar surface area (TPSA) is 46.9 Å². The second kappa shape index (κ2) is 5.75. The fraction of sp³-hybridized carbons (Fsp3) is 0.600. The first-order valence-corrected chi connectivity index (χ1v) is 5.52. The highest BCUT2D eigenvalue weighted by Crippen LogP contribution is 2.01. The first-order chi connectivity index (χ1) is 7.13. The summed E-state index contributed by atoms with van der Waals surface area (Å²) in [6.45, 7) is 1.97. The van der Waals surface area contributed by atoms with E-state index in [1.54, 1.807) is 24.1 Å². The van der Waals surface area contributed by atoms with Crippen LogP contribution in [0.25, 0.3) is 0 Å². The smallest absolute Gasteiger partial charge is 0.254 e. The van der Waals surface area contributed by atoms with E-state index in [1.165, 1.54) is 0 Å². The lowest BCUT2D eigenvalue weighted by Gasteiger charge is -2.11. The van der Waals surface area contributed by atoms with Crippen LogP contribution in [0.1, 0.15) is 30.1 Å². The highest BCUT2D eigenvalue weighted by atomic mass is 35.5. The summed E-state index contributed by atoms with van der Waals surface area (Å²) in [5, 5.41) is 6.84. The fourth-order valence-electron chi connectivity index (χ4n) is 1.30. The van der Waals surface area contributed by atoms with Crippen molar-refractivity contribution in [2.45, 2.75) is 25.8 Å². The molecule has 0 saturated heterocycles. The van der Waals surface area contributed by atoms with Gasteiger partial charge in [0.05, 0.1) is 11.8 Å². The van der Waals surface area contributed by atoms with E-state index < -0.39 is 0 Å². The number of rotatable bonds is 5. The van der Waals surface area contributed by atoms with Crippen LogP contribution in [-0.2, 0) is 7.05 Å². The Morgan fingerprint density at radius 2 is 2.47 bits per heavy atom. The maximum absolute atomic E-state index is 11.6. The van der Waals surface area contributed by atoms with Gasteiger partial charge in [0.25, 0.3) is 5.91 Å². The lowest BCUT2D eigenvalue weighted by atomic mass is 10.2. The molecule has 0 aromatic carbocycles. The van der Waals surface area contributed by atoms with E-state index >= 15 is 0 Å². The van der Waals surface area contributed by atoms with Crippen LogP contribution in [0.2, 0.25) is 0 Å². The van der Waals surface area contributed by atoms with Crippen LogP contribution in [0, 0.1) is 0 Å². The van der Waals surface area contributed by atoms with Gasteiger partial charge in [-0.1, -0.05) is 0 Å². The van der Waals surface area contributed by atoms with E-state index in [2.05, 4.69) is 10.4 Å². The summed E-state index contributed by atoms with van der Waals surface area (Å²) in [6.07, 6.45) is 5.07. The quantitative estimate of drug-likeness (QED) is 0.779. The van der Waals surface area contributed by atoms with Gasteiger partial charge in [-0.3, -0.25) is 9.48 Å². The largest absolute Gasteiger partial charge is 0.349 e. The van der Waals surface area contributed by atoms with E-state index in [0.717, 1.165) is 12.8 Å². The van der Waals surface area contributed by atoms with Gasteiger partial charge in [0, 0.05) is 25.2 Å². The number of carbonyl (C=O) groups is 1. The Bertz CT molecular complexity index is 324. The van der Waals surface area contributed by atoms with Gasteiger partial charge in [-0.25, -0.2) is 0 Å². The molecule has 84 valence electrons. The third-order valence-corrected chi connectivity index (χ3v) is 2.38. The summed E-state index contributed by atoms with van der Waals surface area (Å²) in [6, 6.07) is 0.149. The van der Waals surface area contributed by atoms with E-state index in [0.29, 0.717) is 11.4 Å². The van der Waals surface area contributed by atoms with Crippen molar-refractivity contribution >= 4 is 17.5 Å². The number of aryl methyl sites for hydroxylation is 1. The Labute approximate surface area is 94.6 Å². The Kier molecular flexibility index (Phi) is 4.62. The number of nitrogens with zero attached hydrogens (tertiary/aromatic N) is 2. The summed E-state index contributed by atoms with van der Waals surface area (Å²) in [5.74, 6) is 0.554. The minimum Gasteiger partial charge on any atom is -0.349 e. The lowest BCUT2D eigenvalue weighted by molar-refractivity contribution is 0.0938. The molecule has 1 aromatic heterocycles. The molecule has 1 amide bonds. The molecule has 4 nitrogen and oxygen atoms in total. The van der Waals surface area contributed by atoms with Crippen LogP contribution in [0.5, 0.6) is 0 Å². The molecule has 0 aliphatic carbocycles. The maximum Gasteiger partial charge on any atom is 0.254 e. The number of hydrogen-bond donors (Lipinski definition) is 1. The van der Waals surface area contributed by atoms with Crippen molar-refractivity contribution < 1.29 is 4.79 Å². The van der Waals surface area contributed by atoms with E-state index in [9.17, 15) is 4.79 Å². The standard InChI is InChI=1S/C10H16ClN3O/c1-8(4-3-5-11)13-10(15)9-6-12-14(2)7-9/h6-8H,3-5H2,1-2H3,(H,13,15). The third-order valence-electron chi connectivity index (χ3n) is 2.12. The van der Waals surface area contributed by atoms with E-state index in [-0.39, 0.29) is 11.9 Å². The van der Waals surface area contributed by atoms with Crippen LogP contribution in [0.4, 0.5) is 0 Å². The summed E-state index contributed by atoms with van der Waals surface area (Å²) in [4.78, 5) is 11.6. The Morgan fingerprint density at radius 3 is 3.00 bits per heavy atom. The highest BCUT2D eigenvalue weighted by molar-refractivity contribution is 6.17. The predicted octanol–water partition coefficient (Wildman–Crippen LogP) is 1.56. The number of halogens is 1. The molecule has 1 N–H and O–H groups in total. The maximum atomic E-state index is 11.6. The Balaban J connectivity index is 2.42. The molecule has 0 radical (unpaired) electrons. The van der Waals surface area contributed by atoms with Crippen LogP contribution in [0.3, 0.4) is 0 Å². The fourth-order valence-corrected chi connectivity index (χ4v) is 1.46. The Hall–Kier alpha value is -1.03. The second-order valence-corrected chi connectivity index (χ2v) is 3.99. The van der Waals surface area contributed by atoms with Crippen LogP contribution >= 0.6 is 11.6 Å². The number of carbonyl (C=O) groups excluding carboxylic acids is 1. The van der Waals surface area contributed by atoms with Crippen molar-refractivity contribution in [1.29, 1.82) is 0 Å². The van der Waals surface area contributed by atoms with Gasteiger partial charge in [0.1, 0.15) is 0 Å². The number of alkyl halides is 1. The normalized spacial score (nSPS) is 12.5. The van der Waals surface area contributed by atoms with Gasteiger partial charge in [-0.05, 0) is 19.8 Å². The minimum atomic E-state index is -0.0785. The van der Waals surface area contributed by atoms with E-state index in [1.807, 2.05) is 6.92 Å². The zero-order chi connectivity index (χ0) is 11.3. The highest BCUT2D eigenvalue weighted by Gasteiger charge is 2.10. The van der Waals surface area contributed by atoms with Gasteiger partial charge in [0.2, 0.25) is 0 Å². The third kappa shape index (κ3) is 3.91. The van der Waals surface area contributed by atoms with Crippen molar-refractivity contribution in [2.75, 3.05) is 5.88 Å². The molecular weight excluding hydrogens is 214 g/mol. The number of aromatic nitrogens is 2. The minimum absolute atomic E-state index is 0.0785. The molecule has 1 rings (SSSR count). The summed E-state index contributed by atoms with van der Waals surface area (Å²) >= 11 is 5.58. The van der Waals surface area contributed by atoms with Gasteiger partial charge in [-0.2, -0.15) is 5.10 Å². The van der Waals surface area contributed by atoms with Crippen molar-refractivity contribution in [3.63, 3.8) is 0 Å². The molecule has 1 heterocycles. The first-order valence-electron chi connectivity index (χ1n) is 4.99. The molecule has 0 spiro atoms. The number of nitrogens with one attached hydrogen (secondary N) is 1. The zero-order valence-electron chi connectivity index (χ0n) is 9.03. The molecule has 1 unspecified atom stereocenters. The average Bonchev–Trinajstić information content (AvgIpc) is 2.61. The summed E-state index contributed by atoms with van der Waals surface area (Å²) < 4.78 is 1.61. The molecule has 5 heteroatoms. The molecule has 0 aliphatic heterocycles. The van der Waals surface area contributed by atoms with Crippen molar-refractivity contribution in [3.8, 4) is 0 Å². The van der Waals surface area contributed by atoms with Crippen molar-refractivity contribution in [3.05, 3.63) is 18.0 Å². The molecular formula is C10H16ClN3O. The van der Waals surface area contributed by atoms with Gasteiger partial charge in [0.15, 0.2) is 0 Å². The molecule has 1 aromatic rings. The van der Waals surface area contributed by atoms with Crippen molar-refractivity contribution in [1.82, 2.24) is 15.1 Å². The van der Waals surface area contributed by atoms with Crippen molar-refractivity contribution in [2.24, 2.45) is 7.05 Å². The summed E-state index contributed by atoms with van der Waals surface area (Å²) in [7, 11) is 1.79. The van der Waals surface area contributed by atoms with Crippen LogP contribution < -0.4 is 5.32 Å².